The first-order chi connectivity index (χ1) is 13.4. The van der Waals surface area contributed by atoms with E-state index in [0.29, 0.717) is 11.1 Å². The number of aryl methyl sites for hydroxylation is 1. The summed E-state index contributed by atoms with van der Waals surface area (Å²) in [6.45, 7) is 7.46. The van der Waals surface area contributed by atoms with E-state index in [0.717, 1.165) is 18.9 Å². The predicted molar refractivity (Wildman–Crippen MR) is 112 cm³/mol. The number of nitro groups is 1. The minimum Gasteiger partial charge on any atom is -0.347 e. The summed E-state index contributed by atoms with van der Waals surface area (Å²) in [5.74, 6) is -0.244. The Kier molecular flexibility index (Phi) is 6.63. The van der Waals surface area contributed by atoms with E-state index in [1.807, 2.05) is 20.8 Å². The van der Waals surface area contributed by atoms with Crippen molar-refractivity contribution in [3.63, 3.8) is 0 Å². The summed E-state index contributed by atoms with van der Waals surface area (Å²) in [4.78, 5) is 22.6. The number of nitro benzene ring substituents is 1. The van der Waals surface area contributed by atoms with Crippen molar-refractivity contribution in [2.24, 2.45) is 0 Å². The molecule has 29 heavy (non-hydrogen) atoms. The van der Waals surface area contributed by atoms with Crippen LogP contribution in [0.25, 0.3) is 0 Å². The minimum absolute atomic E-state index is 0.210. The quantitative estimate of drug-likeness (QED) is 0.495. The van der Waals surface area contributed by atoms with E-state index in [1.165, 1.54) is 43.3 Å². The van der Waals surface area contributed by atoms with Gasteiger partial charge >= 0.3 is 0 Å². The van der Waals surface area contributed by atoms with Crippen LogP contribution in [0.5, 0.6) is 0 Å². The van der Waals surface area contributed by atoms with Crippen molar-refractivity contribution < 1.29 is 18.1 Å². The van der Waals surface area contributed by atoms with Gasteiger partial charge in [0.1, 0.15) is 0 Å². The molecular weight excluding hydrogens is 394 g/mol. The second-order valence-electron chi connectivity index (χ2n) is 7.48. The Morgan fingerprint density at radius 2 is 1.76 bits per heavy atom. The van der Waals surface area contributed by atoms with E-state index >= 15 is 0 Å². The number of benzene rings is 2. The maximum atomic E-state index is 12.6. The number of nitrogens with zero attached hydrogens (tertiary/aromatic N) is 1. The average molecular weight is 420 g/mol. The largest absolute Gasteiger partial charge is 0.347 e. The van der Waals surface area contributed by atoms with Crippen molar-refractivity contribution in [1.82, 2.24) is 5.32 Å². The first-order valence-corrected chi connectivity index (χ1v) is 10.6. The molecule has 2 rings (SSSR count). The normalized spacial score (nSPS) is 11.7. The van der Waals surface area contributed by atoms with Gasteiger partial charge in [0.15, 0.2) is 0 Å². The van der Waals surface area contributed by atoms with Crippen molar-refractivity contribution >= 4 is 27.3 Å². The van der Waals surface area contributed by atoms with Crippen LogP contribution < -0.4 is 10.0 Å². The molecule has 0 spiro atoms. The van der Waals surface area contributed by atoms with Crippen molar-refractivity contribution in [3.8, 4) is 0 Å². The number of carbonyl (C=O) groups excluding carboxylic acids is 1. The number of carbonyl (C=O) groups is 1. The number of rotatable bonds is 8. The zero-order chi connectivity index (χ0) is 21.8. The van der Waals surface area contributed by atoms with Crippen LogP contribution in [0.2, 0.25) is 0 Å². The van der Waals surface area contributed by atoms with Gasteiger partial charge in [-0.15, -0.1) is 0 Å². The Balaban J connectivity index is 2.18. The lowest BCUT2D eigenvalue weighted by Crippen LogP contribution is -2.43. The maximum Gasteiger partial charge on any atom is 0.273 e. The zero-order valence-corrected chi connectivity index (χ0v) is 17.7. The summed E-state index contributed by atoms with van der Waals surface area (Å²) in [5, 5.41) is 14.0. The predicted octanol–water partition coefficient (Wildman–Crippen LogP) is 4.01. The maximum absolute atomic E-state index is 12.6. The fourth-order valence-electron chi connectivity index (χ4n) is 2.92. The number of hydrogen-bond acceptors (Lipinski definition) is 5. The molecule has 9 heteroatoms. The minimum atomic E-state index is -4.01. The average Bonchev–Trinajstić information content (AvgIpc) is 2.61. The molecule has 156 valence electrons. The molecule has 0 radical (unpaired) electrons. The topological polar surface area (TPSA) is 118 Å². The van der Waals surface area contributed by atoms with Gasteiger partial charge in [-0.25, -0.2) is 8.42 Å². The number of hydrogen-bond donors (Lipinski definition) is 2. The second-order valence-corrected chi connectivity index (χ2v) is 9.16. The van der Waals surface area contributed by atoms with Gasteiger partial charge in [-0.05, 0) is 57.5 Å². The molecule has 1 amide bonds. The number of nitrogens with one attached hydrogen (secondary N) is 2. The summed E-state index contributed by atoms with van der Waals surface area (Å²) in [6, 6.07) is 9.71. The third-order valence-corrected chi connectivity index (χ3v) is 5.79. The van der Waals surface area contributed by atoms with E-state index in [2.05, 4.69) is 10.0 Å². The highest BCUT2D eigenvalue weighted by Crippen LogP contribution is 2.24. The zero-order valence-electron chi connectivity index (χ0n) is 16.9. The van der Waals surface area contributed by atoms with Crippen LogP contribution in [0, 0.1) is 17.0 Å². The number of anilines is 1. The van der Waals surface area contributed by atoms with Crippen LogP contribution >= 0.6 is 0 Å². The standard InChI is InChI=1S/C20H25N3O5S/c1-5-12-20(3,4)21-19(24)15-7-9-16(10-8-15)22-29(27,28)17-11-6-14(2)18(13-17)23(25)26/h6-11,13,22H,5,12H2,1-4H3,(H,21,24). The molecule has 0 unspecified atom stereocenters. The molecule has 2 aromatic carbocycles. The first kappa shape index (κ1) is 22.4. The lowest BCUT2D eigenvalue weighted by molar-refractivity contribution is -0.385. The molecular formula is C20H25N3O5S. The van der Waals surface area contributed by atoms with Gasteiger partial charge in [0, 0.05) is 28.4 Å². The van der Waals surface area contributed by atoms with Crippen molar-refractivity contribution in [3.05, 3.63) is 63.7 Å². The summed E-state index contributed by atoms with van der Waals surface area (Å²) >= 11 is 0. The first-order valence-electron chi connectivity index (χ1n) is 9.15. The van der Waals surface area contributed by atoms with E-state index in [-0.39, 0.29) is 27.7 Å². The lowest BCUT2D eigenvalue weighted by atomic mass is 9.98. The van der Waals surface area contributed by atoms with Crippen LogP contribution in [0.15, 0.2) is 47.4 Å². The summed E-state index contributed by atoms with van der Waals surface area (Å²) in [7, 11) is -4.01. The molecule has 2 aromatic rings. The number of amides is 1. The van der Waals surface area contributed by atoms with Gasteiger partial charge < -0.3 is 5.32 Å². The van der Waals surface area contributed by atoms with Gasteiger partial charge in [-0.3, -0.25) is 19.6 Å². The summed E-state index contributed by atoms with van der Waals surface area (Å²) in [5.41, 5.74) is 0.414. The highest BCUT2D eigenvalue weighted by Gasteiger charge is 2.21. The number of sulfonamides is 1. The Hall–Kier alpha value is -2.94. The van der Waals surface area contributed by atoms with Crippen LogP contribution in [0.4, 0.5) is 11.4 Å². The lowest BCUT2D eigenvalue weighted by Gasteiger charge is -2.25. The molecule has 0 aliphatic heterocycles. The van der Waals surface area contributed by atoms with E-state index in [1.54, 1.807) is 0 Å². The molecule has 0 fully saturated rings. The molecule has 0 aliphatic carbocycles. The molecule has 0 bridgehead atoms. The summed E-state index contributed by atoms with van der Waals surface area (Å²) < 4.78 is 27.5. The molecule has 0 heterocycles. The molecule has 2 N–H and O–H groups in total. The van der Waals surface area contributed by atoms with Crippen molar-refractivity contribution in [2.45, 2.75) is 51.0 Å². The molecule has 0 saturated heterocycles. The van der Waals surface area contributed by atoms with E-state index in [4.69, 9.17) is 0 Å². The monoisotopic (exact) mass is 419 g/mol. The Morgan fingerprint density at radius 3 is 2.31 bits per heavy atom. The van der Waals surface area contributed by atoms with Crippen LogP contribution in [-0.4, -0.2) is 24.8 Å². The SMILES string of the molecule is CCCC(C)(C)NC(=O)c1ccc(NS(=O)(=O)c2ccc(C)c([N+](=O)[O-])c2)cc1. The van der Waals surface area contributed by atoms with E-state index < -0.39 is 14.9 Å². The Labute approximate surface area is 170 Å². The highest BCUT2D eigenvalue weighted by molar-refractivity contribution is 7.92. The van der Waals surface area contributed by atoms with Crippen LogP contribution in [0.3, 0.4) is 0 Å². The molecule has 0 aromatic heterocycles. The molecule has 0 atom stereocenters. The van der Waals surface area contributed by atoms with Gasteiger partial charge in [-0.2, -0.15) is 0 Å². The summed E-state index contributed by atoms with van der Waals surface area (Å²) in [6.07, 6.45) is 1.77. The van der Waals surface area contributed by atoms with Crippen molar-refractivity contribution in [2.75, 3.05) is 4.72 Å². The molecule has 0 saturated carbocycles. The highest BCUT2D eigenvalue weighted by atomic mass is 32.2. The second kappa shape index (κ2) is 8.60. The van der Waals surface area contributed by atoms with Crippen molar-refractivity contribution in [1.29, 1.82) is 0 Å². The third kappa shape index (κ3) is 5.77. The molecule has 8 nitrogen and oxygen atoms in total. The fraction of sp³-hybridized carbons (Fsp3) is 0.350. The Morgan fingerprint density at radius 1 is 1.14 bits per heavy atom. The van der Waals surface area contributed by atoms with Gasteiger partial charge in [0.2, 0.25) is 0 Å². The van der Waals surface area contributed by atoms with Crippen LogP contribution in [-0.2, 0) is 10.0 Å². The van der Waals surface area contributed by atoms with Gasteiger partial charge in [-0.1, -0.05) is 19.4 Å². The van der Waals surface area contributed by atoms with Gasteiger partial charge in [0.05, 0.1) is 9.82 Å². The molecule has 0 aliphatic rings. The van der Waals surface area contributed by atoms with E-state index in [9.17, 15) is 23.3 Å². The third-order valence-electron chi connectivity index (χ3n) is 4.41. The Bertz CT molecular complexity index is 1010. The smallest absolute Gasteiger partial charge is 0.273 e. The fourth-order valence-corrected chi connectivity index (χ4v) is 4.00. The van der Waals surface area contributed by atoms with Crippen LogP contribution in [0.1, 0.15) is 49.5 Å². The van der Waals surface area contributed by atoms with Gasteiger partial charge in [0.25, 0.3) is 21.6 Å².